The van der Waals surface area contributed by atoms with Gasteiger partial charge in [0.05, 0.1) is 16.7 Å². The Morgan fingerprint density at radius 2 is 1.81 bits per heavy atom. The third-order valence-corrected chi connectivity index (χ3v) is 5.95. The molecule has 0 radical (unpaired) electrons. The maximum absolute atomic E-state index is 10.8. The Kier molecular flexibility index (Phi) is 4.82. The Morgan fingerprint density at radius 1 is 1.06 bits per heavy atom. The Balaban J connectivity index is 1.45. The minimum Gasteiger partial charge on any atom is -0.507 e. The van der Waals surface area contributed by atoms with Crippen molar-refractivity contribution in [3.63, 3.8) is 0 Å². The number of phenolic OH excluding ortho intramolecular Hbond substituents is 1. The number of oxazole rings is 1. The van der Waals surface area contributed by atoms with Gasteiger partial charge in [0, 0.05) is 42.7 Å². The number of phenols is 1. The summed E-state index contributed by atoms with van der Waals surface area (Å²) in [6.45, 7) is 12.2. The number of benzene rings is 1. The number of nitrogens with zero attached hydrogens (tertiary/aromatic N) is 4. The number of hydrogen-bond donors (Lipinski definition) is 2. The predicted octanol–water partition coefficient (Wildman–Crippen LogP) is 4.73. The van der Waals surface area contributed by atoms with Crippen molar-refractivity contribution in [2.45, 2.75) is 52.6 Å². The van der Waals surface area contributed by atoms with Gasteiger partial charge in [-0.15, -0.1) is 0 Å². The Bertz CT molecular complexity index is 1320. The molecule has 4 aromatic rings. The average molecular weight is 432 g/mol. The van der Waals surface area contributed by atoms with Crippen molar-refractivity contribution >= 4 is 28.0 Å². The topological polar surface area (TPSA) is 87.3 Å². The van der Waals surface area contributed by atoms with Crippen LogP contribution in [0.25, 0.3) is 33.4 Å². The molecule has 0 bridgehead atoms. The molecule has 7 heteroatoms. The second-order valence-electron chi connectivity index (χ2n) is 9.71. The summed E-state index contributed by atoms with van der Waals surface area (Å²) >= 11 is 0. The minimum atomic E-state index is 0.106. The van der Waals surface area contributed by atoms with Crippen LogP contribution in [0.3, 0.4) is 0 Å². The molecule has 1 aliphatic rings. The molecule has 2 N–H and O–H groups in total. The van der Waals surface area contributed by atoms with Gasteiger partial charge in [-0.3, -0.25) is 0 Å². The first-order chi connectivity index (χ1) is 15.2. The van der Waals surface area contributed by atoms with E-state index < -0.39 is 0 Å². The van der Waals surface area contributed by atoms with E-state index in [0.29, 0.717) is 39.9 Å². The highest BCUT2D eigenvalue weighted by atomic mass is 16.3. The summed E-state index contributed by atoms with van der Waals surface area (Å²) in [5.41, 5.74) is 5.07. The SMILES string of the molecule is Cc1nc2c(C)c(O)c(-c3ccc4nc(N5CCC(NC(C)(C)C)C5)ccc4n3)cc2o1. The lowest BCUT2D eigenvalue weighted by Gasteiger charge is -2.26. The van der Waals surface area contributed by atoms with Crippen LogP contribution in [0.2, 0.25) is 0 Å². The van der Waals surface area contributed by atoms with Crippen LogP contribution in [0, 0.1) is 13.8 Å². The van der Waals surface area contributed by atoms with Crippen molar-refractivity contribution in [3.05, 3.63) is 41.8 Å². The zero-order valence-electron chi connectivity index (χ0n) is 19.2. The van der Waals surface area contributed by atoms with E-state index in [-0.39, 0.29) is 11.3 Å². The van der Waals surface area contributed by atoms with Gasteiger partial charge in [-0.1, -0.05) is 0 Å². The van der Waals surface area contributed by atoms with E-state index in [0.717, 1.165) is 36.4 Å². The fraction of sp³-hybridized carbons (Fsp3) is 0.400. The van der Waals surface area contributed by atoms with Gasteiger partial charge in [0.25, 0.3) is 0 Å². The monoisotopic (exact) mass is 431 g/mol. The summed E-state index contributed by atoms with van der Waals surface area (Å²) in [6, 6.07) is 10.2. The van der Waals surface area contributed by atoms with Gasteiger partial charge in [-0.2, -0.15) is 0 Å². The number of hydrogen-bond acceptors (Lipinski definition) is 7. The standard InChI is InChI=1S/C25H29N5O2/c1-14-23-21(32-15(2)26-23)12-17(24(14)31)18-6-7-20-19(27-18)8-9-22(28-20)30-11-10-16(13-30)29-25(3,4)5/h6-9,12,16,29,31H,10-11,13H2,1-5H3. The van der Waals surface area contributed by atoms with Crippen LogP contribution >= 0.6 is 0 Å². The van der Waals surface area contributed by atoms with Crippen molar-refractivity contribution < 1.29 is 9.52 Å². The molecule has 0 saturated carbocycles. The first-order valence-corrected chi connectivity index (χ1v) is 11.1. The number of anilines is 1. The van der Waals surface area contributed by atoms with E-state index in [1.807, 2.05) is 31.2 Å². The van der Waals surface area contributed by atoms with Crippen molar-refractivity contribution in [1.82, 2.24) is 20.3 Å². The van der Waals surface area contributed by atoms with E-state index >= 15 is 0 Å². The number of fused-ring (bicyclic) bond motifs is 2. The van der Waals surface area contributed by atoms with Gasteiger partial charge < -0.3 is 19.7 Å². The van der Waals surface area contributed by atoms with Gasteiger partial charge in [0.2, 0.25) is 0 Å². The number of pyridine rings is 2. The van der Waals surface area contributed by atoms with Crippen molar-refractivity contribution in [2.75, 3.05) is 18.0 Å². The number of rotatable bonds is 3. The Hall–Kier alpha value is -3.19. The van der Waals surface area contributed by atoms with E-state index in [9.17, 15) is 5.11 Å². The molecule has 166 valence electrons. The molecule has 3 aromatic heterocycles. The van der Waals surface area contributed by atoms with E-state index in [1.165, 1.54) is 0 Å². The molecule has 1 aliphatic heterocycles. The van der Waals surface area contributed by atoms with E-state index in [4.69, 9.17) is 14.4 Å². The lowest BCUT2D eigenvalue weighted by molar-refractivity contribution is 0.373. The van der Waals surface area contributed by atoms with Crippen molar-refractivity contribution in [1.29, 1.82) is 0 Å². The molecule has 5 rings (SSSR count). The lowest BCUT2D eigenvalue weighted by atomic mass is 10.0. The molecule has 1 unspecified atom stereocenters. The molecule has 4 heterocycles. The lowest BCUT2D eigenvalue weighted by Crippen LogP contribution is -2.44. The fourth-order valence-electron chi connectivity index (χ4n) is 4.54. The molecule has 1 saturated heterocycles. The molecule has 1 aromatic carbocycles. The zero-order valence-corrected chi connectivity index (χ0v) is 19.2. The van der Waals surface area contributed by atoms with Gasteiger partial charge in [-0.05, 0) is 64.4 Å². The summed E-state index contributed by atoms with van der Waals surface area (Å²) in [7, 11) is 0. The van der Waals surface area contributed by atoms with Crippen LogP contribution in [0.5, 0.6) is 5.75 Å². The second kappa shape index (κ2) is 7.45. The number of nitrogens with one attached hydrogen (secondary N) is 1. The van der Waals surface area contributed by atoms with Crippen LogP contribution in [0.15, 0.2) is 34.7 Å². The highest BCUT2D eigenvalue weighted by Crippen LogP contribution is 2.37. The molecule has 1 atom stereocenters. The molecule has 7 nitrogen and oxygen atoms in total. The van der Waals surface area contributed by atoms with Crippen molar-refractivity contribution in [2.24, 2.45) is 0 Å². The van der Waals surface area contributed by atoms with Gasteiger partial charge in [0.15, 0.2) is 11.5 Å². The largest absolute Gasteiger partial charge is 0.507 e. The maximum atomic E-state index is 10.8. The summed E-state index contributed by atoms with van der Waals surface area (Å²) in [4.78, 5) is 16.3. The van der Waals surface area contributed by atoms with Crippen LogP contribution < -0.4 is 10.2 Å². The molecular weight excluding hydrogens is 402 g/mol. The minimum absolute atomic E-state index is 0.106. The third kappa shape index (κ3) is 3.77. The summed E-state index contributed by atoms with van der Waals surface area (Å²) in [6.07, 6.45) is 1.11. The van der Waals surface area contributed by atoms with Gasteiger partial charge in [-0.25, -0.2) is 15.0 Å². The second-order valence-corrected chi connectivity index (χ2v) is 9.71. The quantitative estimate of drug-likeness (QED) is 0.485. The summed E-state index contributed by atoms with van der Waals surface area (Å²) in [5, 5.41) is 14.5. The van der Waals surface area contributed by atoms with Gasteiger partial charge in [0.1, 0.15) is 17.1 Å². The fourth-order valence-corrected chi connectivity index (χ4v) is 4.54. The first-order valence-electron chi connectivity index (χ1n) is 11.1. The van der Waals surface area contributed by atoms with Gasteiger partial charge >= 0.3 is 0 Å². The number of aromatic nitrogens is 3. The smallest absolute Gasteiger partial charge is 0.192 e. The molecule has 1 fully saturated rings. The molecule has 0 aliphatic carbocycles. The maximum Gasteiger partial charge on any atom is 0.192 e. The summed E-state index contributed by atoms with van der Waals surface area (Å²) < 4.78 is 5.69. The normalized spacial score (nSPS) is 17.0. The van der Waals surface area contributed by atoms with Crippen LogP contribution in [0.1, 0.15) is 38.6 Å². The van der Waals surface area contributed by atoms with Crippen molar-refractivity contribution in [3.8, 4) is 17.0 Å². The Labute approximate surface area is 187 Å². The highest BCUT2D eigenvalue weighted by Gasteiger charge is 2.26. The van der Waals surface area contributed by atoms with Crippen LogP contribution in [-0.2, 0) is 0 Å². The molecule has 32 heavy (non-hydrogen) atoms. The first kappa shape index (κ1) is 20.7. The number of aryl methyl sites for hydroxylation is 2. The molecule has 0 amide bonds. The third-order valence-electron chi connectivity index (χ3n) is 5.95. The van der Waals surface area contributed by atoms with E-state index in [2.05, 4.69) is 36.0 Å². The average Bonchev–Trinajstić information content (AvgIpc) is 3.34. The number of aromatic hydroxyl groups is 1. The summed E-state index contributed by atoms with van der Waals surface area (Å²) in [5.74, 6) is 1.73. The highest BCUT2D eigenvalue weighted by molar-refractivity contribution is 5.89. The zero-order chi connectivity index (χ0) is 22.6. The van der Waals surface area contributed by atoms with Crippen LogP contribution in [0.4, 0.5) is 5.82 Å². The Morgan fingerprint density at radius 3 is 2.59 bits per heavy atom. The molecular formula is C25H29N5O2. The van der Waals surface area contributed by atoms with E-state index in [1.54, 1.807) is 13.0 Å². The molecule has 0 spiro atoms. The van der Waals surface area contributed by atoms with Crippen LogP contribution in [-0.4, -0.2) is 44.7 Å². The predicted molar refractivity (Wildman–Crippen MR) is 127 cm³/mol.